The van der Waals surface area contributed by atoms with Crippen LogP contribution in [0.4, 0.5) is 0 Å². The summed E-state index contributed by atoms with van der Waals surface area (Å²) >= 11 is 0. The molecule has 3 aliphatic rings. The lowest BCUT2D eigenvalue weighted by molar-refractivity contribution is 0.668. The number of rotatable bonds is 8. The summed E-state index contributed by atoms with van der Waals surface area (Å²) in [7, 11) is 0. The Balaban J connectivity index is 0.688. The van der Waals surface area contributed by atoms with Crippen LogP contribution in [0.3, 0.4) is 0 Å². The summed E-state index contributed by atoms with van der Waals surface area (Å²) in [6, 6.07) is 89.2. The average Bonchev–Trinajstić information content (AvgIpc) is 2.26. The molecule has 0 aliphatic heterocycles. The van der Waals surface area contributed by atoms with Gasteiger partial charge in [-0.2, -0.15) is 0 Å². The lowest BCUT2D eigenvalue weighted by Crippen LogP contribution is -2.27. The lowest BCUT2D eigenvalue weighted by atomic mass is 9.60. The van der Waals surface area contributed by atoms with Crippen molar-refractivity contribution in [1.82, 2.24) is 29.9 Å². The molecule has 3 aliphatic carbocycles. The van der Waals surface area contributed by atoms with Crippen molar-refractivity contribution >= 4 is 43.9 Å². The number of fused-ring (bicyclic) bond motifs is 6. The Morgan fingerprint density at radius 3 is 0.902 bits per heavy atom. The molecule has 0 saturated carbocycles. The van der Waals surface area contributed by atoms with E-state index in [4.69, 9.17) is 38.7 Å². The summed E-state index contributed by atoms with van der Waals surface area (Å²) in [5.74, 6) is 3.88. The molecular formula is C74H44N6O2. The molecule has 2 bridgehead atoms. The van der Waals surface area contributed by atoms with Gasteiger partial charge in [-0.15, -0.1) is 0 Å². The third-order valence-electron chi connectivity index (χ3n) is 16.6. The van der Waals surface area contributed by atoms with Gasteiger partial charge in [0.05, 0.1) is 0 Å². The van der Waals surface area contributed by atoms with Gasteiger partial charge < -0.3 is 8.83 Å². The largest absolute Gasteiger partial charge is 0.456 e. The predicted octanol–water partition coefficient (Wildman–Crippen LogP) is 18.2. The fraction of sp³-hybridized carbons (Fsp3) is 0.0270. The van der Waals surface area contributed by atoms with Crippen molar-refractivity contribution in [3.8, 4) is 90.6 Å². The van der Waals surface area contributed by atoms with Crippen molar-refractivity contribution in [2.75, 3.05) is 0 Å². The molecule has 0 N–H and O–H groups in total. The summed E-state index contributed by atoms with van der Waals surface area (Å²) in [5, 5.41) is 4.17. The van der Waals surface area contributed by atoms with Gasteiger partial charge in [-0.25, -0.2) is 29.9 Å². The molecule has 18 rings (SSSR count). The van der Waals surface area contributed by atoms with Crippen molar-refractivity contribution < 1.29 is 8.83 Å². The third-order valence-corrected chi connectivity index (χ3v) is 16.6. The van der Waals surface area contributed by atoms with Gasteiger partial charge in [0.2, 0.25) is 0 Å². The Hall–Kier alpha value is -11.0. The Kier molecular flexibility index (Phi) is 10.3. The molecule has 0 spiro atoms. The standard InChI is InChI=1S/C74H44N6O2/c1-3-13-45(14-4-1)69-75-71(79-73(77-69)51-33-37-65-59(41-51)53-17-9-11-21-63(53)81-65)47-27-23-43(24-28-47)49-31-35-57-61(39-49)67-55-19-7-8-20-56(55)68(57)62-40-50(32-36-58(62)67)44-25-29-48(30-26-44)72-76-70(46-15-5-2-6-16-46)78-74(80-72)52-34-38-66-60(42-52)54-18-10-12-22-64(54)82-66/h1-42,67-68H. The fourth-order valence-electron chi connectivity index (χ4n) is 12.6. The van der Waals surface area contributed by atoms with Crippen LogP contribution < -0.4 is 0 Å². The molecule has 8 nitrogen and oxygen atoms in total. The average molecular weight is 1050 g/mol. The molecule has 0 radical (unpaired) electrons. The van der Waals surface area contributed by atoms with Crippen LogP contribution in [0.25, 0.3) is 134 Å². The van der Waals surface area contributed by atoms with Crippen LogP contribution in [-0.2, 0) is 0 Å². The van der Waals surface area contributed by atoms with Crippen LogP contribution in [-0.4, -0.2) is 29.9 Å². The van der Waals surface area contributed by atoms with Gasteiger partial charge in [-0.05, 0) is 116 Å². The smallest absolute Gasteiger partial charge is 0.164 e. The molecule has 4 aromatic heterocycles. The number of furan rings is 2. The SMILES string of the molecule is c1ccc(-c2nc(-c3ccc(-c4ccc5c(c4)C4c6ccccc6C5c5cc(-c6ccc(-c7nc(-c8ccccc8)nc(-c8ccc9oc%10ccccc%10c9c8)n7)cc6)ccc54)cc3)nc(-c3ccc4oc5ccccc5c4c3)n2)cc1. The number of hydrogen-bond acceptors (Lipinski definition) is 8. The zero-order valence-electron chi connectivity index (χ0n) is 43.9. The highest BCUT2D eigenvalue weighted by Crippen LogP contribution is 2.57. The number of para-hydroxylation sites is 2. The first-order valence-electron chi connectivity index (χ1n) is 27.6. The van der Waals surface area contributed by atoms with E-state index in [0.29, 0.717) is 34.9 Å². The van der Waals surface area contributed by atoms with Gasteiger partial charge in [-0.3, -0.25) is 0 Å². The van der Waals surface area contributed by atoms with E-state index in [1.165, 1.54) is 44.5 Å². The van der Waals surface area contributed by atoms with E-state index in [9.17, 15) is 0 Å². The van der Waals surface area contributed by atoms with Gasteiger partial charge >= 0.3 is 0 Å². The number of hydrogen-bond donors (Lipinski definition) is 0. The molecule has 0 saturated heterocycles. The molecule has 2 atom stereocenters. The van der Waals surface area contributed by atoms with Crippen LogP contribution in [0.5, 0.6) is 0 Å². The molecule has 0 fully saturated rings. The van der Waals surface area contributed by atoms with Gasteiger partial charge in [0.25, 0.3) is 0 Å². The summed E-state index contributed by atoms with van der Waals surface area (Å²) in [5.41, 5.74) is 21.6. The topological polar surface area (TPSA) is 104 Å². The first-order chi connectivity index (χ1) is 40.6. The molecular weight excluding hydrogens is 1000 g/mol. The quantitative estimate of drug-likeness (QED) is 0.148. The lowest BCUT2D eigenvalue weighted by Gasteiger charge is -2.42. The van der Waals surface area contributed by atoms with E-state index in [-0.39, 0.29) is 11.8 Å². The number of benzene rings is 11. The van der Waals surface area contributed by atoms with Crippen molar-refractivity contribution in [1.29, 1.82) is 0 Å². The second-order valence-electron chi connectivity index (χ2n) is 21.3. The van der Waals surface area contributed by atoms with Gasteiger partial charge in [0, 0.05) is 66.8 Å². The summed E-state index contributed by atoms with van der Waals surface area (Å²) < 4.78 is 12.3. The third kappa shape index (κ3) is 7.53. The zero-order valence-corrected chi connectivity index (χ0v) is 43.9. The van der Waals surface area contributed by atoms with Crippen LogP contribution in [0, 0.1) is 0 Å². The van der Waals surface area contributed by atoms with E-state index in [1.54, 1.807) is 0 Å². The fourth-order valence-corrected chi connectivity index (χ4v) is 12.6. The highest BCUT2D eigenvalue weighted by molar-refractivity contribution is 6.07. The first-order valence-corrected chi connectivity index (χ1v) is 27.6. The molecule has 15 aromatic rings. The molecule has 8 heteroatoms. The minimum absolute atomic E-state index is 0.103. The van der Waals surface area contributed by atoms with Crippen molar-refractivity contribution in [2.45, 2.75) is 11.8 Å². The molecule has 382 valence electrons. The monoisotopic (exact) mass is 1050 g/mol. The number of nitrogens with zero attached hydrogens (tertiary/aromatic N) is 6. The maximum Gasteiger partial charge on any atom is 0.164 e. The second-order valence-corrected chi connectivity index (χ2v) is 21.3. The van der Waals surface area contributed by atoms with E-state index in [0.717, 1.165) is 88.4 Å². The minimum Gasteiger partial charge on any atom is -0.456 e. The van der Waals surface area contributed by atoms with E-state index >= 15 is 0 Å². The van der Waals surface area contributed by atoms with Crippen molar-refractivity contribution in [3.05, 3.63) is 288 Å². The summed E-state index contributed by atoms with van der Waals surface area (Å²) in [4.78, 5) is 30.4. The molecule has 4 heterocycles. The van der Waals surface area contributed by atoms with Crippen LogP contribution in [0.15, 0.2) is 264 Å². The zero-order chi connectivity index (χ0) is 53.8. The van der Waals surface area contributed by atoms with E-state index < -0.39 is 0 Å². The first kappa shape index (κ1) is 46.0. The predicted molar refractivity (Wildman–Crippen MR) is 326 cm³/mol. The summed E-state index contributed by atoms with van der Waals surface area (Å²) in [6.07, 6.45) is 0. The van der Waals surface area contributed by atoms with E-state index in [2.05, 4.69) is 133 Å². The molecule has 11 aromatic carbocycles. The number of aromatic nitrogens is 6. The normalized spacial score (nSPS) is 14.1. The Labute approximate surface area is 470 Å². The van der Waals surface area contributed by atoms with Gasteiger partial charge in [0.1, 0.15) is 22.3 Å². The van der Waals surface area contributed by atoms with Crippen molar-refractivity contribution in [3.63, 3.8) is 0 Å². The maximum atomic E-state index is 6.16. The maximum absolute atomic E-state index is 6.16. The minimum atomic E-state index is 0.103. The van der Waals surface area contributed by atoms with Crippen LogP contribution in [0.2, 0.25) is 0 Å². The molecule has 82 heavy (non-hydrogen) atoms. The van der Waals surface area contributed by atoms with Crippen LogP contribution >= 0.6 is 0 Å². The summed E-state index contributed by atoms with van der Waals surface area (Å²) in [6.45, 7) is 0. The second kappa shape index (κ2) is 18.3. The molecule has 0 amide bonds. The molecule has 2 unspecified atom stereocenters. The Morgan fingerprint density at radius 1 is 0.195 bits per heavy atom. The van der Waals surface area contributed by atoms with Crippen molar-refractivity contribution in [2.24, 2.45) is 0 Å². The Morgan fingerprint density at radius 2 is 0.488 bits per heavy atom. The Bertz CT molecular complexity index is 4730. The van der Waals surface area contributed by atoms with Gasteiger partial charge in [-0.1, -0.05) is 194 Å². The van der Waals surface area contributed by atoms with Crippen LogP contribution in [0.1, 0.15) is 45.2 Å². The van der Waals surface area contributed by atoms with Gasteiger partial charge in [0.15, 0.2) is 34.9 Å². The van der Waals surface area contributed by atoms with E-state index in [1.807, 2.05) is 121 Å². The highest BCUT2D eigenvalue weighted by atomic mass is 16.3. The highest BCUT2D eigenvalue weighted by Gasteiger charge is 2.41.